The van der Waals surface area contributed by atoms with Gasteiger partial charge in [-0.3, -0.25) is 14.9 Å². The van der Waals surface area contributed by atoms with Gasteiger partial charge >= 0.3 is 0 Å². The molecule has 0 bridgehead atoms. The van der Waals surface area contributed by atoms with Gasteiger partial charge in [0.15, 0.2) is 5.16 Å². The number of primary amides is 1. The van der Waals surface area contributed by atoms with Crippen LogP contribution in [0.3, 0.4) is 0 Å². The monoisotopic (exact) mass is 377 g/mol. The first kappa shape index (κ1) is 19.9. The van der Waals surface area contributed by atoms with Crippen molar-refractivity contribution < 1.29 is 9.72 Å². The molecular weight excluding hydrogens is 354 g/mol. The summed E-state index contributed by atoms with van der Waals surface area (Å²) in [6, 6.07) is 6.60. The van der Waals surface area contributed by atoms with E-state index >= 15 is 0 Å². The number of aryl methyl sites for hydroxylation is 1. The number of hydrogen-bond donors (Lipinski definition) is 1. The number of carbonyl (C=O) groups is 1. The van der Waals surface area contributed by atoms with Gasteiger partial charge in [0, 0.05) is 36.8 Å². The van der Waals surface area contributed by atoms with E-state index in [-0.39, 0.29) is 23.3 Å². The maximum atomic E-state index is 11.1. The van der Waals surface area contributed by atoms with Crippen molar-refractivity contribution in [2.45, 2.75) is 50.6 Å². The van der Waals surface area contributed by atoms with E-state index in [9.17, 15) is 14.9 Å². The summed E-state index contributed by atoms with van der Waals surface area (Å²) in [5.41, 5.74) is 6.16. The third-order valence-electron chi connectivity index (χ3n) is 3.77. The summed E-state index contributed by atoms with van der Waals surface area (Å²) in [4.78, 5) is 21.6. The molecule has 0 radical (unpaired) electrons. The molecule has 140 valence electrons. The number of nitrogens with zero attached hydrogens (tertiary/aromatic N) is 4. The van der Waals surface area contributed by atoms with Crippen LogP contribution in [-0.2, 0) is 17.8 Å². The summed E-state index contributed by atoms with van der Waals surface area (Å²) in [7, 11) is 0. The van der Waals surface area contributed by atoms with Crippen LogP contribution in [0.15, 0.2) is 29.4 Å². The summed E-state index contributed by atoms with van der Waals surface area (Å²) in [5, 5.41) is 20.1. The van der Waals surface area contributed by atoms with Crippen molar-refractivity contribution in [2.75, 3.05) is 0 Å². The number of nitro benzene ring substituents is 1. The average Bonchev–Trinajstić information content (AvgIpc) is 2.94. The Kier molecular flexibility index (Phi) is 6.73. The Morgan fingerprint density at radius 2 is 2.08 bits per heavy atom. The maximum Gasteiger partial charge on any atom is 0.269 e. The molecule has 9 heteroatoms. The zero-order valence-electron chi connectivity index (χ0n) is 15.1. The van der Waals surface area contributed by atoms with Crippen molar-refractivity contribution >= 4 is 23.4 Å². The van der Waals surface area contributed by atoms with Crippen LogP contribution < -0.4 is 5.73 Å². The summed E-state index contributed by atoms with van der Waals surface area (Å²) in [6.45, 7) is 6.89. The molecule has 0 aliphatic heterocycles. The van der Waals surface area contributed by atoms with E-state index in [1.165, 1.54) is 17.8 Å². The van der Waals surface area contributed by atoms with E-state index in [1.807, 2.05) is 17.6 Å². The van der Waals surface area contributed by atoms with Crippen molar-refractivity contribution in [3.63, 3.8) is 0 Å². The Labute approximate surface area is 156 Å². The summed E-state index contributed by atoms with van der Waals surface area (Å²) < 4.78 is 2.01. The Bertz CT molecular complexity index is 790. The molecule has 0 aliphatic carbocycles. The minimum absolute atomic E-state index is 0.0333. The molecular formula is C17H23N5O3S. The molecule has 1 heterocycles. The van der Waals surface area contributed by atoms with Crippen LogP contribution in [0.4, 0.5) is 5.69 Å². The fourth-order valence-electron chi connectivity index (χ4n) is 2.49. The van der Waals surface area contributed by atoms with Gasteiger partial charge in [0.2, 0.25) is 5.91 Å². The molecule has 1 atom stereocenters. The highest BCUT2D eigenvalue weighted by Crippen LogP contribution is 2.35. The molecule has 2 rings (SSSR count). The van der Waals surface area contributed by atoms with Crippen molar-refractivity contribution in [1.29, 1.82) is 0 Å². The highest BCUT2D eigenvalue weighted by Gasteiger charge is 2.19. The fourth-order valence-corrected chi connectivity index (χ4v) is 3.49. The fraction of sp³-hybridized carbons (Fsp3) is 0.471. The maximum absolute atomic E-state index is 11.1. The number of nitro groups is 1. The van der Waals surface area contributed by atoms with Gasteiger partial charge in [-0.1, -0.05) is 37.7 Å². The molecule has 0 spiro atoms. The second kappa shape index (κ2) is 8.79. The lowest BCUT2D eigenvalue weighted by molar-refractivity contribution is -0.384. The van der Waals surface area contributed by atoms with E-state index < -0.39 is 4.92 Å². The third-order valence-corrected chi connectivity index (χ3v) is 4.91. The lowest BCUT2D eigenvalue weighted by Crippen LogP contribution is -2.15. The lowest BCUT2D eigenvalue weighted by atomic mass is 10.1. The number of aromatic nitrogens is 3. The highest BCUT2D eigenvalue weighted by molar-refractivity contribution is 7.99. The first-order chi connectivity index (χ1) is 12.3. The number of carbonyl (C=O) groups excluding carboxylic acids is 1. The van der Waals surface area contributed by atoms with Gasteiger partial charge in [0.25, 0.3) is 5.69 Å². The quantitative estimate of drug-likeness (QED) is 0.408. The van der Waals surface area contributed by atoms with Crippen LogP contribution in [-0.4, -0.2) is 25.6 Å². The molecule has 8 nitrogen and oxygen atoms in total. The van der Waals surface area contributed by atoms with E-state index in [1.54, 1.807) is 12.1 Å². The summed E-state index contributed by atoms with van der Waals surface area (Å²) in [6.07, 6.45) is 0.669. The molecule has 0 aliphatic rings. The minimum atomic E-state index is -0.399. The van der Waals surface area contributed by atoms with Gasteiger partial charge in [0.05, 0.1) is 4.92 Å². The van der Waals surface area contributed by atoms with Gasteiger partial charge in [-0.05, 0) is 18.4 Å². The predicted octanol–water partition coefficient (Wildman–Crippen LogP) is 3.11. The molecule has 0 fully saturated rings. The number of rotatable bonds is 9. The van der Waals surface area contributed by atoms with Crippen LogP contribution in [0.2, 0.25) is 0 Å². The van der Waals surface area contributed by atoms with Gasteiger partial charge in [-0.2, -0.15) is 0 Å². The first-order valence-corrected chi connectivity index (χ1v) is 9.27. The third kappa shape index (κ3) is 5.29. The molecule has 1 amide bonds. The van der Waals surface area contributed by atoms with Crippen LogP contribution in [0.25, 0.3) is 0 Å². The van der Waals surface area contributed by atoms with Crippen molar-refractivity contribution in [1.82, 2.24) is 14.8 Å². The van der Waals surface area contributed by atoms with E-state index in [4.69, 9.17) is 5.73 Å². The van der Waals surface area contributed by atoms with Crippen molar-refractivity contribution in [3.8, 4) is 0 Å². The van der Waals surface area contributed by atoms with Crippen molar-refractivity contribution in [3.05, 3.63) is 45.8 Å². The van der Waals surface area contributed by atoms with Gasteiger partial charge < -0.3 is 10.3 Å². The summed E-state index contributed by atoms with van der Waals surface area (Å²) in [5.74, 6) is 0.736. The lowest BCUT2D eigenvalue weighted by Gasteiger charge is -2.15. The predicted molar refractivity (Wildman–Crippen MR) is 99.7 cm³/mol. The van der Waals surface area contributed by atoms with Crippen LogP contribution >= 0.6 is 11.8 Å². The number of benzene rings is 1. The number of non-ortho nitro benzene ring substituents is 1. The molecule has 1 aromatic heterocycles. The Hall–Kier alpha value is -2.42. The second-order valence-corrected chi connectivity index (χ2v) is 7.79. The zero-order chi connectivity index (χ0) is 19.3. The molecule has 1 aromatic carbocycles. The van der Waals surface area contributed by atoms with Gasteiger partial charge in [0.1, 0.15) is 5.82 Å². The first-order valence-electron chi connectivity index (χ1n) is 8.39. The topological polar surface area (TPSA) is 117 Å². The standard InChI is InChI=1S/C17H23N5O3S/c1-11(2)10-21-16(8-7-15(18)23)19-20-17(21)26-12(3)13-5-4-6-14(9-13)22(24)25/h4-6,9,11-12H,7-8,10H2,1-3H3,(H2,18,23)/t12-/m1/s1. The van der Waals surface area contributed by atoms with Gasteiger partial charge in [-0.25, -0.2) is 0 Å². The van der Waals surface area contributed by atoms with Crippen LogP contribution in [0.5, 0.6) is 0 Å². The zero-order valence-corrected chi connectivity index (χ0v) is 15.9. The molecule has 26 heavy (non-hydrogen) atoms. The summed E-state index contributed by atoms with van der Waals surface area (Å²) >= 11 is 1.49. The molecule has 0 saturated carbocycles. The molecule has 0 unspecified atom stereocenters. The van der Waals surface area contributed by atoms with Crippen LogP contribution in [0, 0.1) is 16.0 Å². The number of thioether (sulfide) groups is 1. The SMILES string of the molecule is CC(C)Cn1c(CCC(N)=O)nnc1S[C@H](C)c1cccc([N+](=O)[O-])c1. The Morgan fingerprint density at radius 1 is 1.35 bits per heavy atom. The van der Waals surface area contributed by atoms with E-state index in [0.717, 1.165) is 23.1 Å². The Balaban J connectivity index is 2.23. The highest BCUT2D eigenvalue weighted by atomic mass is 32.2. The van der Waals surface area contributed by atoms with Crippen LogP contribution in [0.1, 0.15) is 43.8 Å². The molecule has 2 N–H and O–H groups in total. The largest absolute Gasteiger partial charge is 0.370 e. The smallest absolute Gasteiger partial charge is 0.269 e. The average molecular weight is 377 g/mol. The Morgan fingerprint density at radius 3 is 2.69 bits per heavy atom. The molecule has 2 aromatic rings. The number of amides is 1. The van der Waals surface area contributed by atoms with Crippen molar-refractivity contribution in [2.24, 2.45) is 11.7 Å². The number of hydrogen-bond acceptors (Lipinski definition) is 6. The number of nitrogens with two attached hydrogens (primary N) is 1. The van der Waals surface area contributed by atoms with Gasteiger partial charge in [-0.15, -0.1) is 10.2 Å². The van der Waals surface area contributed by atoms with E-state index in [2.05, 4.69) is 24.0 Å². The normalized spacial score (nSPS) is 12.3. The second-order valence-electron chi connectivity index (χ2n) is 6.48. The molecule has 0 saturated heterocycles. The van der Waals surface area contributed by atoms with E-state index in [0.29, 0.717) is 12.3 Å². The minimum Gasteiger partial charge on any atom is -0.370 e.